The van der Waals surface area contributed by atoms with Gasteiger partial charge in [-0.15, -0.1) is 0 Å². The highest BCUT2D eigenvalue weighted by Crippen LogP contribution is 2.32. The molecule has 0 aliphatic heterocycles. The number of methoxy groups -OCH3 is 1. The van der Waals surface area contributed by atoms with Gasteiger partial charge >= 0.3 is 11.9 Å². The molecular weight excluding hydrogens is 358 g/mol. The van der Waals surface area contributed by atoms with Crippen LogP contribution >= 0.6 is 0 Å². The zero-order chi connectivity index (χ0) is 19.7. The van der Waals surface area contributed by atoms with Gasteiger partial charge in [0.15, 0.2) is 6.79 Å². The Morgan fingerprint density at radius 3 is 2.23 bits per heavy atom. The van der Waals surface area contributed by atoms with Crippen molar-refractivity contribution in [2.75, 3.05) is 38.5 Å². The summed E-state index contributed by atoms with van der Waals surface area (Å²) in [5.74, 6) is -1.46. The third-order valence-corrected chi connectivity index (χ3v) is 5.16. The number of aliphatic carboxylic acids is 2. The summed E-state index contributed by atoms with van der Waals surface area (Å²) in [6, 6.07) is 5.76. The number of ether oxygens (including phenoxy) is 3. The van der Waals surface area contributed by atoms with E-state index in [0.717, 1.165) is 6.04 Å². The lowest BCUT2D eigenvalue weighted by Crippen LogP contribution is -2.34. The first-order chi connectivity index (χ1) is 12.1. The van der Waals surface area contributed by atoms with E-state index in [1.807, 2.05) is 0 Å². The number of hydrogen-bond acceptors (Lipinski definition) is 6. The van der Waals surface area contributed by atoms with E-state index in [9.17, 15) is 9.59 Å². The van der Waals surface area contributed by atoms with Crippen LogP contribution in [0.25, 0.3) is 0 Å². The minimum absolute atomic E-state index is 0.0152. The van der Waals surface area contributed by atoms with E-state index >= 15 is 0 Å². The Labute approximate surface area is 154 Å². The molecular formula is C17H27NO7Si. The molecule has 26 heavy (non-hydrogen) atoms. The molecule has 2 N–H and O–H groups in total. The average molecular weight is 385 g/mol. The lowest BCUT2D eigenvalue weighted by Gasteiger charge is -2.24. The maximum absolute atomic E-state index is 11.1. The monoisotopic (exact) mass is 385 g/mol. The van der Waals surface area contributed by atoms with Crippen molar-refractivity contribution in [1.29, 1.82) is 0 Å². The highest BCUT2D eigenvalue weighted by atomic mass is 28.3. The normalized spacial score (nSPS) is 11.1. The molecule has 1 aromatic carbocycles. The molecule has 0 aliphatic carbocycles. The molecule has 0 atom stereocenters. The van der Waals surface area contributed by atoms with Crippen LogP contribution in [0.3, 0.4) is 0 Å². The Hall–Kier alpha value is -2.26. The van der Waals surface area contributed by atoms with E-state index in [-0.39, 0.29) is 6.79 Å². The zero-order valence-electron chi connectivity index (χ0n) is 15.7. The highest BCUT2D eigenvalue weighted by molar-refractivity contribution is 6.76. The van der Waals surface area contributed by atoms with Gasteiger partial charge in [-0.2, -0.15) is 0 Å². The third-order valence-electron chi connectivity index (χ3n) is 3.45. The molecule has 0 heterocycles. The molecule has 0 amide bonds. The predicted octanol–water partition coefficient (Wildman–Crippen LogP) is 2.36. The van der Waals surface area contributed by atoms with E-state index < -0.39 is 33.1 Å². The first-order valence-corrected chi connectivity index (χ1v) is 11.9. The van der Waals surface area contributed by atoms with Gasteiger partial charge in [-0.3, -0.25) is 9.59 Å². The summed E-state index contributed by atoms with van der Waals surface area (Å²) in [4.78, 5) is 23.4. The number of carbonyl (C=O) groups is 2. The summed E-state index contributed by atoms with van der Waals surface area (Å²) >= 11 is 0. The number of carboxylic acid groups (broad SMARTS) is 2. The summed E-state index contributed by atoms with van der Waals surface area (Å²) in [6.45, 7) is 6.35. The molecule has 0 aromatic heterocycles. The molecule has 1 rings (SSSR count). The van der Waals surface area contributed by atoms with Gasteiger partial charge < -0.3 is 29.3 Å². The second-order valence-electron chi connectivity index (χ2n) is 6.96. The Morgan fingerprint density at radius 1 is 1.12 bits per heavy atom. The summed E-state index contributed by atoms with van der Waals surface area (Å²) in [6.07, 6.45) is 0. The van der Waals surface area contributed by atoms with E-state index in [4.69, 9.17) is 24.4 Å². The summed E-state index contributed by atoms with van der Waals surface area (Å²) in [5.41, 5.74) is 0.351. The molecule has 0 fully saturated rings. The van der Waals surface area contributed by atoms with Crippen LogP contribution in [0.15, 0.2) is 18.2 Å². The minimum Gasteiger partial charge on any atom is -0.497 e. The van der Waals surface area contributed by atoms with Gasteiger partial charge in [0, 0.05) is 20.7 Å². The first-order valence-electron chi connectivity index (χ1n) is 8.19. The Bertz CT molecular complexity index is 600. The minimum atomic E-state index is -1.21. The quantitative estimate of drug-likeness (QED) is 0.321. The van der Waals surface area contributed by atoms with Crippen LogP contribution in [-0.2, 0) is 14.3 Å². The van der Waals surface area contributed by atoms with Crippen molar-refractivity contribution >= 4 is 25.7 Å². The summed E-state index contributed by atoms with van der Waals surface area (Å²) < 4.78 is 16.3. The van der Waals surface area contributed by atoms with Crippen molar-refractivity contribution in [3.63, 3.8) is 0 Å². The molecule has 1 aromatic rings. The molecule has 0 unspecified atom stereocenters. The number of hydrogen-bond donors (Lipinski definition) is 2. The van der Waals surface area contributed by atoms with Crippen LogP contribution in [0, 0.1) is 0 Å². The van der Waals surface area contributed by atoms with Crippen molar-refractivity contribution < 1.29 is 34.0 Å². The van der Waals surface area contributed by atoms with Crippen molar-refractivity contribution in [3.8, 4) is 11.5 Å². The van der Waals surface area contributed by atoms with Gasteiger partial charge in [0.05, 0.1) is 12.8 Å². The van der Waals surface area contributed by atoms with Gasteiger partial charge in [0.25, 0.3) is 0 Å². The van der Waals surface area contributed by atoms with Crippen molar-refractivity contribution in [1.82, 2.24) is 0 Å². The molecule has 0 radical (unpaired) electrons. The van der Waals surface area contributed by atoms with Crippen LogP contribution in [0.1, 0.15) is 0 Å². The molecule has 0 saturated carbocycles. The largest absolute Gasteiger partial charge is 0.497 e. The second kappa shape index (κ2) is 10.0. The maximum atomic E-state index is 11.1. The lowest BCUT2D eigenvalue weighted by molar-refractivity contribution is -0.136. The van der Waals surface area contributed by atoms with Crippen LogP contribution in [0.4, 0.5) is 5.69 Å². The molecule has 0 saturated heterocycles. The Kier molecular flexibility index (Phi) is 8.40. The number of anilines is 1. The maximum Gasteiger partial charge on any atom is 0.323 e. The van der Waals surface area contributed by atoms with Gasteiger partial charge in [-0.05, 0) is 18.2 Å². The number of benzene rings is 1. The van der Waals surface area contributed by atoms with Crippen LogP contribution in [0.2, 0.25) is 25.7 Å². The molecule has 0 spiro atoms. The highest BCUT2D eigenvalue weighted by Gasteiger charge is 2.19. The van der Waals surface area contributed by atoms with E-state index in [1.165, 1.54) is 12.0 Å². The number of rotatable bonds is 12. The average Bonchev–Trinajstić information content (AvgIpc) is 2.51. The number of carboxylic acids is 2. The van der Waals surface area contributed by atoms with Crippen LogP contribution < -0.4 is 14.4 Å². The van der Waals surface area contributed by atoms with Gasteiger partial charge in [-0.25, -0.2) is 0 Å². The van der Waals surface area contributed by atoms with E-state index in [2.05, 4.69) is 19.6 Å². The fraction of sp³-hybridized carbons (Fsp3) is 0.529. The van der Waals surface area contributed by atoms with Crippen molar-refractivity contribution in [3.05, 3.63) is 18.2 Å². The SMILES string of the molecule is COc1ccc(N(CC(=O)O)CC(=O)O)c(OCOCC[Si](C)(C)C)c1. The fourth-order valence-corrected chi connectivity index (χ4v) is 2.85. The molecule has 8 nitrogen and oxygen atoms in total. The molecule has 0 aliphatic rings. The van der Waals surface area contributed by atoms with Gasteiger partial charge in [0.1, 0.15) is 24.6 Å². The molecule has 146 valence electrons. The Morgan fingerprint density at radius 2 is 1.73 bits per heavy atom. The third kappa shape index (κ3) is 8.21. The van der Waals surface area contributed by atoms with Crippen LogP contribution in [-0.4, -0.2) is 63.8 Å². The Balaban J connectivity index is 2.89. The van der Waals surface area contributed by atoms with E-state index in [1.54, 1.807) is 18.2 Å². The molecule has 9 heteroatoms. The van der Waals surface area contributed by atoms with E-state index in [0.29, 0.717) is 23.8 Å². The first kappa shape index (κ1) is 21.8. The fourth-order valence-electron chi connectivity index (χ4n) is 2.09. The van der Waals surface area contributed by atoms with Gasteiger partial charge in [0.2, 0.25) is 0 Å². The smallest absolute Gasteiger partial charge is 0.323 e. The predicted molar refractivity (Wildman–Crippen MR) is 100 cm³/mol. The lowest BCUT2D eigenvalue weighted by atomic mass is 10.2. The standard InChI is InChI=1S/C17H27NO7Si/c1-23-13-5-6-14(18(10-16(19)20)11-17(21)22)15(9-13)25-12-24-7-8-26(2,3)4/h5-6,9H,7-8,10-12H2,1-4H3,(H,19,20)(H,21,22). The number of nitrogens with zero attached hydrogens (tertiary/aromatic N) is 1. The topological polar surface area (TPSA) is 106 Å². The summed E-state index contributed by atoms with van der Waals surface area (Å²) in [5, 5.41) is 18.1. The zero-order valence-corrected chi connectivity index (χ0v) is 16.7. The summed E-state index contributed by atoms with van der Waals surface area (Å²) in [7, 11) is 0.289. The molecule has 0 bridgehead atoms. The van der Waals surface area contributed by atoms with Crippen LogP contribution in [0.5, 0.6) is 11.5 Å². The van der Waals surface area contributed by atoms with Crippen molar-refractivity contribution in [2.24, 2.45) is 0 Å². The second-order valence-corrected chi connectivity index (χ2v) is 12.6. The van der Waals surface area contributed by atoms with Crippen molar-refractivity contribution in [2.45, 2.75) is 25.7 Å². The van der Waals surface area contributed by atoms with Gasteiger partial charge in [-0.1, -0.05) is 19.6 Å².